The number of allylic oxidation sites excluding steroid dienone is 1. The van der Waals surface area contributed by atoms with Gasteiger partial charge in [-0.15, -0.1) is 0 Å². The first-order valence-corrected chi connectivity index (χ1v) is 5.25. The van der Waals surface area contributed by atoms with E-state index in [1.165, 1.54) is 0 Å². The van der Waals surface area contributed by atoms with Crippen molar-refractivity contribution in [3.8, 4) is 0 Å². The molecule has 0 radical (unpaired) electrons. The van der Waals surface area contributed by atoms with Gasteiger partial charge in [-0.3, -0.25) is 5.10 Å². The van der Waals surface area contributed by atoms with Crippen LogP contribution in [0.2, 0.25) is 0 Å². The monoisotopic (exact) mass is 208 g/mol. The summed E-state index contributed by atoms with van der Waals surface area (Å²) in [6.45, 7) is 9.82. The van der Waals surface area contributed by atoms with Gasteiger partial charge >= 0.3 is 0 Å². The van der Waals surface area contributed by atoms with Crippen LogP contribution in [0.15, 0.2) is 6.08 Å². The van der Waals surface area contributed by atoms with Gasteiger partial charge in [-0.2, -0.15) is 5.10 Å². The van der Waals surface area contributed by atoms with Gasteiger partial charge < -0.3 is 5.41 Å². The van der Waals surface area contributed by atoms with Crippen LogP contribution in [0.1, 0.15) is 52.2 Å². The molecule has 15 heavy (non-hydrogen) atoms. The maximum atomic E-state index is 7.18. The van der Waals surface area contributed by atoms with Crippen LogP contribution >= 0.6 is 0 Å². The third-order valence-corrected chi connectivity index (χ3v) is 1.55. The number of aromatic nitrogens is 3. The number of rotatable bonds is 3. The molecule has 1 heterocycles. The van der Waals surface area contributed by atoms with Crippen molar-refractivity contribution >= 4 is 11.8 Å². The van der Waals surface area contributed by atoms with Crippen molar-refractivity contribution < 1.29 is 0 Å². The zero-order chi connectivity index (χ0) is 11.8. The van der Waals surface area contributed by atoms with Crippen molar-refractivity contribution in [2.24, 2.45) is 0 Å². The molecule has 84 valence electrons. The van der Waals surface area contributed by atoms with E-state index >= 15 is 0 Å². The summed E-state index contributed by atoms with van der Waals surface area (Å²) in [5.74, 6) is 1.87. The first-order chi connectivity index (χ1) is 7.09. The Kier molecular flexibility index (Phi) is 6.25. The van der Waals surface area contributed by atoms with Crippen molar-refractivity contribution in [2.75, 3.05) is 0 Å². The number of nitrogens with one attached hydrogen (secondary N) is 2. The molecule has 0 atom stereocenters. The van der Waals surface area contributed by atoms with Gasteiger partial charge in [-0.25, -0.2) is 4.98 Å². The van der Waals surface area contributed by atoms with Crippen molar-refractivity contribution in [3.63, 3.8) is 0 Å². The molecule has 4 heteroatoms. The molecule has 0 saturated heterocycles. The fourth-order valence-electron chi connectivity index (χ4n) is 0.820. The highest BCUT2D eigenvalue weighted by atomic mass is 15.2. The molecule has 1 aromatic heterocycles. The van der Waals surface area contributed by atoms with E-state index in [0.29, 0.717) is 17.5 Å². The molecule has 0 unspecified atom stereocenters. The molecule has 4 nitrogen and oxygen atoms in total. The molecular weight excluding hydrogens is 188 g/mol. The molecule has 0 spiro atoms. The lowest BCUT2D eigenvalue weighted by atomic mass is 10.2. The molecule has 2 N–H and O–H groups in total. The van der Waals surface area contributed by atoms with Gasteiger partial charge in [0.2, 0.25) is 0 Å². The summed E-state index contributed by atoms with van der Waals surface area (Å²) in [5, 5.41) is 14.0. The second-order valence-corrected chi connectivity index (χ2v) is 3.25. The van der Waals surface area contributed by atoms with Crippen molar-refractivity contribution in [2.45, 2.75) is 40.5 Å². The third kappa shape index (κ3) is 5.10. The van der Waals surface area contributed by atoms with Crippen LogP contribution in [0.5, 0.6) is 0 Å². The van der Waals surface area contributed by atoms with Gasteiger partial charge in [-0.05, 0) is 19.1 Å². The van der Waals surface area contributed by atoms with Crippen LogP contribution < -0.4 is 0 Å². The molecular formula is C11H20N4. The molecule has 1 aromatic rings. The molecule has 0 bridgehead atoms. The quantitative estimate of drug-likeness (QED) is 0.750. The summed E-state index contributed by atoms with van der Waals surface area (Å²) < 4.78 is 0. The van der Waals surface area contributed by atoms with Crippen LogP contribution in [0.3, 0.4) is 0 Å². The lowest BCUT2D eigenvalue weighted by Crippen LogP contribution is -1.89. The fourth-order valence-corrected chi connectivity index (χ4v) is 0.820. The molecule has 0 aromatic carbocycles. The Labute approximate surface area is 91.3 Å². The van der Waals surface area contributed by atoms with E-state index in [1.807, 2.05) is 13.8 Å². The maximum Gasteiger partial charge on any atom is 0.173 e. The average Bonchev–Trinajstić information content (AvgIpc) is 2.66. The summed E-state index contributed by atoms with van der Waals surface area (Å²) in [4.78, 5) is 4.23. The Hall–Kier alpha value is -1.45. The molecule has 0 fully saturated rings. The summed E-state index contributed by atoms with van der Waals surface area (Å²) in [5.41, 5.74) is 0.496. The van der Waals surface area contributed by atoms with Crippen LogP contribution in [0.4, 0.5) is 0 Å². The van der Waals surface area contributed by atoms with Gasteiger partial charge in [0.05, 0.1) is 0 Å². The van der Waals surface area contributed by atoms with E-state index in [9.17, 15) is 0 Å². The zero-order valence-corrected chi connectivity index (χ0v) is 10.1. The minimum Gasteiger partial charge on any atom is -0.306 e. The number of hydrogen-bond donors (Lipinski definition) is 2. The van der Waals surface area contributed by atoms with E-state index in [-0.39, 0.29) is 0 Å². The topological polar surface area (TPSA) is 65.4 Å². The highest BCUT2D eigenvalue weighted by molar-refractivity contribution is 5.93. The highest BCUT2D eigenvalue weighted by Gasteiger charge is 2.03. The van der Waals surface area contributed by atoms with Gasteiger partial charge in [0.1, 0.15) is 5.82 Å². The third-order valence-electron chi connectivity index (χ3n) is 1.55. The van der Waals surface area contributed by atoms with Crippen LogP contribution in [0.25, 0.3) is 6.08 Å². The molecule has 0 aliphatic heterocycles. The second kappa shape index (κ2) is 6.92. The first kappa shape index (κ1) is 13.5. The Balaban J connectivity index is 0.000000921. The predicted octanol–water partition coefficient (Wildman–Crippen LogP) is 3.01. The van der Waals surface area contributed by atoms with E-state index in [0.717, 1.165) is 5.82 Å². The first-order valence-electron chi connectivity index (χ1n) is 5.25. The van der Waals surface area contributed by atoms with Gasteiger partial charge in [-0.1, -0.05) is 27.7 Å². The summed E-state index contributed by atoms with van der Waals surface area (Å²) >= 11 is 0. The van der Waals surface area contributed by atoms with Crippen molar-refractivity contribution in [1.29, 1.82) is 5.41 Å². The van der Waals surface area contributed by atoms with Crippen LogP contribution in [-0.2, 0) is 0 Å². The molecule has 0 saturated carbocycles. The summed E-state index contributed by atoms with van der Waals surface area (Å²) in [6, 6.07) is 0. The van der Waals surface area contributed by atoms with E-state index < -0.39 is 0 Å². The summed E-state index contributed by atoms with van der Waals surface area (Å²) in [7, 11) is 0. The average molecular weight is 208 g/mol. The lowest BCUT2D eigenvalue weighted by molar-refractivity contribution is 0.781. The number of H-pyrrole nitrogens is 1. The van der Waals surface area contributed by atoms with E-state index in [2.05, 4.69) is 29.0 Å². The molecule has 0 amide bonds. The Bertz CT molecular complexity index is 323. The number of aromatic amines is 1. The Morgan fingerprint density at radius 3 is 2.40 bits per heavy atom. The normalized spacial score (nSPS) is 10.3. The number of nitrogens with zero attached hydrogens (tertiary/aromatic N) is 2. The largest absolute Gasteiger partial charge is 0.306 e. The minimum absolute atomic E-state index is 0.357. The van der Waals surface area contributed by atoms with Gasteiger partial charge in [0.25, 0.3) is 0 Å². The SMILES string of the molecule is CC.CC(=N)/C=C\c1n[nH]c(C(C)C)n1. The van der Waals surface area contributed by atoms with Gasteiger partial charge in [0, 0.05) is 11.6 Å². The number of hydrogen-bond acceptors (Lipinski definition) is 3. The molecule has 1 rings (SSSR count). The van der Waals surface area contributed by atoms with E-state index in [1.54, 1.807) is 19.1 Å². The predicted molar refractivity (Wildman–Crippen MR) is 64.3 cm³/mol. The summed E-state index contributed by atoms with van der Waals surface area (Å²) in [6.07, 6.45) is 3.40. The molecule has 0 aliphatic rings. The fraction of sp³-hybridized carbons (Fsp3) is 0.545. The Morgan fingerprint density at radius 1 is 1.40 bits per heavy atom. The lowest BCUT2D eigenvalue weighted by Gasteiger charge is -1.94. The van der Waals surface area contributed by atoms with Crippen molar-refractivity contribution in [3.05, 3.63) is 17.7 Å². The van der Waals surface area contributed by atoms with Crippen molar-refractivity contribution in [1.82, 2.24) is 15.2 Å². The second-order valence-electron chi connectivity index (χ2n) is 3.25. The zero-order valence-electron chi connectivity index (χ0n) is 10.1. The maximum absolute atomic E-state index is 7.18. The van der Waals surface area contributed by atoms with E-state index in [4.69, 9.17) is 5.41 Å². The van der Waals surface area contributed by atoms with Gasteiger partial charge in [0.15, 0.2) is 5.82 Å². The smallest absolute Gasteiger partial charge is 0.173 e. The Morgan fingerprint density at radius 2 is 2.00 bits per heavy atom. The minimum atomic E-state index is 0.357. The van der Waals surface area contributed by atoms with Crippen LogP contribution in [-0.4, -0.2) is 20.9 Å². The molecule has 0 aliphatic carbocycles. The highest BCUT2D eigenvalue weighted by Crippen LogP contribution is 2.07. The van der Waals surface area contributed by atoms with Crippen LogP contribution in [0, 0.1) is 5.41 Å². The standard InChI is InChI=1S/C9H14N4.C2H6/c1-6(2)9-11-8(12-13-9)5-4-7(3)10;1-2/h4-6,10H,1-3H3,(H,11,12,13);1-2H3/b5-4-,10-7?;.